The fourth-order valence-corrected chi connectivity index (χ4v) is 5.17. The van der Waals surface area contributed by atoms with Crippen molar-refractivity contribution < 1.29 is 4.39 Å². The van der Waals surface area contributed by atoms with Crippen LogP contribution in [0.5, 0.6) is 0 Å². The molecule has 1 fully saturated rings. The molecule has 1 aromatic heterocycles. The van der Waals surface area contributed by atoms with Gasteiger partial charge in [0, 0.05) is 29.1 Å². The van der Waals surface area contributed by atoms with Gasteiger partial charge in [-0.15, -0.1) is 11.6 Å². The number of alkyl halides is 1. The summed E-state index contributed by atoms with van der Waals surface area (Å²) >= 11 is 9.93. The zero-order valence-electron chi connectivity index (χ0n) is 10.3. The normalized spacial score (nSPS) is 20.0. The monoisotopic (exact) mass is 316 g/mol. The maximum absolute atomic E-state index is 13.8. The Morgan fingerprint density at radius 3 is 3.05 bits per heavy atom. The number of halogens is 2. The van der Waals surface area contributed by atoms with Gasteiger partial charge in [0.2, 0.25) is 0 Å². The first-order valence-corrected chi connectivity index (χ1v) is 8.92. The summed E-state index contributed by atoms with van der Waals surface area (Å²) in [5.41, 5.74) is 1.29. The molecule has 19 heavy (non-hydrogen) atoms. The Labute approximate surface area is 125 Å². The molecule has 1 aliphatic heterocycles. The van der Waals surface area contributed by atoms with Crippen LogP contribution in [-0.4, -0.2) is 32.1 Å². The number of rotatable bonds is 3. The van der Waals surface area contributed by atoms with Crippen molar-refractivity contribution in [2.75, 3.05) is 17.3 Å². The van der Waals surface area contributed by atoms with Gasteiger partial charge in [0.25, 0.3) is 0 Å². The third-order valence-electron chi connectivity index (χ3n) is 3.20. The summed E-state index contributed by atoms with van der Waals surface area (Å²) in [6.07, 6.45) is 0. The highest BCUT2D eigenvalue weighted by Gasteiger charge is 2.19. The van der Waals surface area contributed by atoms with Gasteiger partial charge < -0.3 is 4.57 Å². The molecular formula is C13H14ClFN2S2. The Morgan fingerprint density at radius 1 is 1.42 bits per heavy atom. The van der Waals surface area contributed by atoms with Crippen molar-refractivity contribution in [1.82, 2.24) is 9.55 Å². The molecule has 0 bridgehead atoms. The second-order valence-corrected chi connectivity index (χ2v) is 7.27. The van der Waals surface area contributed by atoms with E-state index < -0.39 is 0 Å². The van der Waals surface area contributed by atoms with Gasteiger partial charge in [-0.25, -0.2) is 9.37 Å². The first-order valence-electron chi connectivity index (χ1n) is 6.18. The minimum Gasteiger partial charge on any atom is -0.326 e. The van der Waals surface area contributed by atoms with Crippen LogP contribution >= 0.6 is 35.1 Å². The van der Waals surface area contributed by atoms with Crippen LogP contribution in [0.1, 0.15) is 5.82 Å². The minimum atomic E-state index is -0.270. The molecule has 2 aromatic rings. The largest absolute Gasteiger partial charge is 0.326 e. The molecule has 0 saturated carbocycles. The van der Waals surface area contributed by atoms with Gasteiger partial charge in [0.1, 0.15) is 11.3 Å². The molecule has 1 unspecified atom stereocenters. The standard InChI is InChI=1S/C13H14ClFN2S2/c14-6-12-16-13-10(15)2-1-3-11(13)17(12)7-9-8-18-4-5-19-9/h1-3,9H,4-8H2. The Hall–Kier alpha value is -0.390. The maximum Gasteiger partial charge on any atom is 0.151 e. The highest BCUT2D eigenvalue weighted by atomic mass is 35.5. The smallest absolute Gasteiger partial charge is 0.151 e. The highest BCUT2D eigenvalue weighted by Crippen LogP contribution is 2.28. The van der Waals surface area contributed by atoms with E-state index in [4.69, 9.17) is 11.6 Å². The number of aromatic nitrogens is 2. The summed E-state index contributed by atoms with van der Waals surface area (Å²) in [6.45, 7) is 0.861. The molecule has 102 valence electrons. The van der Waals surface area contributed by atoms with Crippen molar-refractivity contribution in [2.24, 2.45) is 0 Å². The molecule has 0 spiro atoms. The van der Waals surface area contributed by atoms with Gasteiger partial charge in [-0.05, 0) is 12.1 Å². The van der Waals surface area contributed by atoms with Crippen LogP contribution in [0.25, 0.3) is 11.0 Å². The number of imidazole rings is 1. The average Bonchev–Trinajstić information content (AvgIpc) is 2.80. The van der Waals surface area contributed by atoms with E-state index in [1.54, 1.807) is 6.07 Å². The number of thioether (sulfide) groups is 2. The van der Waals surface area contributed by atoms with Gasteiger partial charge in [-0.2, -0.15) is 23.5 Å². The third kappa shape index (κ3) is 2.73. The van der Waals surface area contributed by atoms with E-state index in [1.807, 2.05) is 29.6 Å². The van der Waals surface area contributed by atoms with E-state index in [0.29, 0.717) is 16.6 Å². The predicted molar refractivity (Wildman–Crippen MR) is 82.8 cm³/mol. The number of para-hydroxylation sites is 1. The van der Waals surface area contributed by atoms with Gasteiger partial charge in [0.15, 0.2) is 5.82 Å². The Bertz CT molecular complexity index is 581. The number of hydrogen-bond acceptors (Lipinski definition) is 3. The fourth-order valence-electron chi connectivity index (χ4n) is 2.31. The Balaban J connectivity index is 1.98. The topological polar surface area (TPSA) is 17.8 Å². The zero-order chi connectivity index (χ0) is 13.2. The molecule has 3 rings (SSSR count). The van der Waals surface area contributed by atoms with Crippen LogP contribution in [0.4, 0.5) is 4.39 Å². The first kappa shape index (κ1) is 13.6. The molecule has 1 aliphatic rings. The van der Waals surface area contributed by atoms with Crippen LogP contribution < -0.4 is 0 Å². The second kappa shape index (κ2) is 5.94. The van der Waals surface area contributed by atoms with Crippen molar-refractivity contribution in [1.29, 1.82) is 0 Å². The van der Waals surface area contributed by atoms with Crippen LogP contribution in [0.2, 0.25) is 0 Å². The Kier molecular flexibility index (Phi) is 4.24. The van der Waals surface area contributed by atoms with Crippen LogP contribution in [-0.2, 0) is 12.4 Å². The van der Waals surface area contributed by atoms with Crippen LogP contribution in [0, 0.1) is 5.82 Å². The van der Waals surface area contributed by atoms with E-state index >= 15 is 0 Å². The summed E-state index contributed by atoms with van der Waals surface area (Å²) in [5, 5.41) is 0.557. The zero-order valence-corrected chi connectivity index (χ0v) is 12.7. The lowest BCUT2D eigenvalue weighted by atomic mass is 10.3. The Morgan fingerprint density at radius 2 is 2.32 bits per heavy atom. The van der Waals surface area contributed by atoms with E-state index in [1.165, 1.54) is 17.6 Å². The lowest BCUT2D eigenvalue weighted by molar-refractivity contribution is 0.637. The molecule has 2 nitrogen and oxygen atoms in total. The number of fused-ring (bicyclic) bond motifs is 1. The minimum absolute atomic E-state index is 0.270. The summed E-state index contributed by atoms with van der Waals surface area (Å²) in [7, 11) is 0. The SMILES string of the molecule is Fc1cccc2c1nc(CCl)n2CC1CSCCS1. The molecule has 0 aliphatic carbocycles. The van der Waals surface area contributed by atoms with E-state index in [2.05, 4.69) is 9.55 Å². The highest BCUT2D eigenvalue weighted by molar-refractivity contribution is 8.06. The quantitative estimate of drug-likeness (QED) is 0.803. The van der Waals surface area contributed by atoms with Crippen molar-refractivity contribution >= 4 is 46.2 Å². The molecule has 1 atom stereocenters. The van der Waals surface area contributed by atoms with Crippen LogP contribution in [0.3, 0.4) is 0 Å². The summed E-state index contributed by atoms with van der Waals surface area (Å²) < 4.78 is 15.8. The molecule has 6 heteroatoms. The fraction of sp³-hybridized carbons (Fsp3) is 0.462. The third-order valence-corrected chi connectivity index (χ3v) is 6.27. The van der Waals surface area contributed by atoms with E-state index in [-0.39, 0.29) is 5.82 Å². The molecular weight excluding hydrogens is 303 g/mol. The van der Waals surface area contributed by atoms with Crippen molar-refractivity contribution in [3.05, 3.63) is 29.8 Å². The first-order chi connectivity index (χ1) is 9.29. The van der Waals surface area contributed by atoms with Gasteiger partial charge in [0.05, 0.1) is 11.4 Å². The number of hydrogen-bond donors (Lipinski definition) is 0. The molecule has 1 saturated heterocycles. The number of nitrogens with zero attached hydrogens (tertiary/aromatic N) is 2. The summed E-state index contributed by atoms with van der Waals surface area (Å²) in [5.74, 6) is 4.36. The van der Waals surface area contributed by atoms with Gasteiger partial charge in [-0.1, -0.05) is 6.07 Å². The average molecular weight is 317 g/mol. The van der Waals surface area contributed by atoms with Crippen molar-refractivity contribution in [2.45, 2.75) is 17.7 Å². The summed E-state index contributed by atoms with van der Waals surface area (Å²) in [4.78, 5) is 4.34. The molecule has 2 heterocycles. The van der Waals surface area contributed by atoms with E-state index in [9.17, 15) is 4.39 Å². The molecule has 1 aromatic carbocycles. The van der Waals surface area contributed by atoms with Gasteiger partial charge in [-0.3, -0.25) is 0 Å². The summed E-state index contributed by atoms with van der Waals surface area (Å²) in [6, 6.07) is 5.10. The van der Waals surface area contributed by atoms with E-state index in [0.717, 1.165) is 23.6 Å². The van der Waals surface area contributed by atoms with Gasteiger partial charge >= 0.3 is 0 Å². The molecule has 0 radical (unpaired) electrons. The van der Waals surface area contributed by atoms with Crippen LogP contribution in [0.15, 0.2) is 18.2 Å². The number of benzene rings is 1. The van der Waals surface area contributed by atoms with Crippen molar-refractivity contribution in [3.63, 3.8) is 0 Å². The predicted octanol–water partition coefficient (Wildman–Crippen LogP) is 3.76. The molecule has 0 N–H and O–H groups in total. The van der Waals surface area contributed by atoms with Crippen molar-refractivity contribution in [3.8, 4) is 0 Å². The lowest BCUT2D eigenvalue weighted by Gasteiger charge is -2.22. The molecule has 0 amide bonds. The maximum atomic E-state index is 13.8. The second-order valence-electron chi connectivity index (χ2n) is 4.45. The lowest BCUT2D eigenvalue weighted by Crippen LogP contribution is -2.21.